The smallest absolute Gasteiger partial charge is 0.324 e. The van der Waals surface area contributed by atoms with Gasteiger partial charge in [0.05, 0.1) is 12.0 Å². The fourth-order valence-electron chi connectivity index (χ4n) is 0.848. The molecule has 0 radical (unpaired) electrons. The second kappa shape index (κ2) is 3.66. The molecule has 0 aromatic rings. The second-order valence-electron chi connectivity index (χ2n) is 2.14. The molecule has 5 nitrogen and oxygen atoms in total. The van der Waals surface area contributed by atoms with Gasteiger partial charge in [0.2, 0.25) is 0 Å². The molecule has 0 bridgehead atoms. The van der Waals surface area contributed by atoms with E-state index in [1.165, 1.54) is 19.5 Å². The lowest BCUT2D eigenvalue weighted by molar-refractivity contribution is -0.417. The van der Waals surface area contributed by atoms with Crippen molar-refractivity contribution in [2.24, 2.45) is 4.99 Å². The summed E-state index contributed by atoms with van der Waals surface area (Å²) in [5.41, 5.74) is -0.0810. The number of allylic oxidation sites excluding steroid dienone is 2. The first kappa shape index (κ1) is 8.45. The third-order valence-corrected chi connectivity index (χ3v) is 1.42. The van der Waals surface area contributed by atoms with Crippen LogP contribution in [0, 0.1) is 10.1 Å². The molecule has 0 saturated heterocycles. The molecule has 5 heteroatoms. The van der Waals surface area contributed by atoms with Crippen LogP contribution in [-0.2, 0) is 4.74 Å². The Morgan fingerprint density at radius 2 is 2.50 bits per heavy atom. The van der Waals surface area contributed by atoms with Gasteiger partial charge in [-0.25, -0.2) is 0 Å². The van der Waals surface area contributed by atoms with Gasteiger partial charge in [0.1, 0.15) is 6.21 Å². The number of nitrogens with zero attached hydrogens (tertiary/aromatic N) is 2. The van der Waals surface area contributed by atoms with E-state index < -0.39 is 4.92 Å². The Labute approximate surface area is 69.2 Å². The summed E-state index contributed by atoms with van der Waals surface area (Å²) in [7, 11) is 1.41. The summed E-state index contributed by atoms with van der Waals surface area (Å²) in [6.45, 7) is 0. The Morgan fingerprint density at radius 3 is 3.08 bits per heavy atom. The molecule has 0 aliphatic carbocycles. The summed E-state index contributed by atoms with van der Waals surface area (Å²) in [5.74, 6) is 0.331. The minimum Gasteiger partial charge on any atom is -0.494 e. The van der Waals surface area contributed by atoms with Gasteiger partial charge in [-0.05, 0) is 0 Å². The molecular weight excluding hydrogens is 160 g/mol. The Bertz CT molecular complexity index is 278. The number of hydrogen-bond acceptors (Lipinski definition) is 4. The largest absolute Gasteiger partial charge is 0.494 e. The highest BCUT2D eigenvalue weighted by atomic mass is 16.6. The molecule has 0 aromatic carbocycles. The molecule has 1 rings (SSSR count). The minimum atomic E-state index is -0.505. The van der Waals surface area contributed by atoms with E-state index in [4.69, 9.17) is 4.74 Å². The van der Waals surface area contributed by atoms with Crippen molar-refractivity contribution in [2.75, 3.05) is 7.11 Å². The zero-order valence-electron chi connectivity index (χ0n) is 6.56. The zero-order chi connectivity index (χ0) is 8.97. The molecule has 0 N–H and O–H groups in total. The summed E-state index contributed by atoms with van der Waals surface area (Å²) >= 11 is 0. The first-order chi connectivity index (χ1) is 5.75. The lowest BCUT2D eigenvalue weighted by atomic mass is 10.3. The number of hydrogen-bond donors (Lipinski definition) is 0. The third-order valence-electron chi connectivity index (χ3n) is 1.42. The predicted octanol–water partition coefficient (Wildman–Crippen LogP) is 1.11. The van der Waals surface area contributed by atoms with E-state index in [1.54, 1.807) is 6.08 Å². The maximum Gasteiger partial charge on any atom is 0.324 e. The Morgan fingerprint density at radius 1 is 1.75 bits per heavy atom. The van der Waals surface area contributed by atoms with Crippen molar-refractivity contribution in [3.8, 4) is 0 Å². The Hall–Kier alpha value is -1.65. The van der Waals surface area contributed by atoms with E-state index >= 15 is 0 Å². The number of aliphatic imine (C=N–C) groups is 1. The average Bonchev–Trinajstić information content (AvgIpc) is 2.27. The molecule has 0 amide bonds. The van der Waals surface area contributed by atoms with Gasteiger partial charge < -0.3 is 4.74 Å². The van der Waals surface area contributed by atoms with Crippen LogP contribution in [0.15, 0.2) is 28.7 Å². The van der Waals surface area contributed by atoms with Crippen LogP contribution in [0.5, 0.6) is 0 Å². The van der Waals surface area contributed by atoms with Crippen molar-refractivity contribution in [3.63, 3.8) is 0 Å². The van der Waals surface area contributed by atoms with Gasteiger partial charge in [0.15, 0.2) is 5.76 Å². The molecule has 0 saturated carbocycles. The predicted molar refractivity (Wildman–Crippen MR) is 43.3 cm³/mol. The molecule has 0 unspecified atom stereocenters. The quantitative estimate of drug-likeness (QED) is 0.458. The maximum absolute atomic E-state index is 10.4. The summed E-state index contributed by atoms with van der Waals surface area (Å²) in [6, 6.07) is 0. The van der Waals surface area contributed by atoms with E-state index in [2.05, 4.69) is 4.99 Å². The van der Waals surface area contributed by atoms with E-state index in [0.29, 0.717) is 12.2 Å². The molecule has 64 valence electrons. The van der Waals surface area contributed by atoms with Crippen LogP contribution in [0.2, 0.25) is 0 Å². The van der Waals surface area contributed by atoms with Crippen LogP contribution in [0.3, 0.4) is 0 Å². The molecule has 0 spiro atoms. The molecule has 1 aliphatic rings. The third kappa shape index (κ3) is 1.69. The summed E-state index contributed by atoms with van der Waals surface area (Å²) in [6.07, 6.45) is 4.80. The molecule has 1 heterocycles. The van der Waals surface area contributed by atoms with Crippen molar-refractivity contribution in [1.29, 1.82) is 0 Å². The molecule has 0 aromatic heterocycles. The summed E-state index contributed by atoms with van der Waals surface area (Å²) < 4.78 is 4.84. The fraction of sp³-hybridized carbons (Fsp3) is 0.286. The number of methoxy groups -OCH3 is 1. The van der Waals surface area contributed by atoms with E-state index in [-0.39, 0.29) is 5.70 Å². The van der Waals surface area contributed by atoms with Crippen LogP contribution >= 0.6 is 0 Å². The molecule has 0 atom stereocenters. The highest BCUT2D eigenvalue weighted by molar-refractivity contribution is 5.77. The van der Waals surface area contributed by atoms with E-state index in [0.717, 1.165) is 0 Å². The van der Waals surface area contributed by atoms with Gasteiger partial charge in [-0.1, -0.05) is 6.08 Å². The molecule has 12 heavy (non-hydrogen) atoms. The second-order valence-corrected chi connectivity index (χ2v) is 2.14. The topological polar surface area (TPSA) is 64.7 Å². The molecule has 1 aliphatic heterocycles. The first-order valence-electron chi connectivity index (χ1n) is 3.35. The van der Waals surface area contributed by atoms with E-state index in [1.807, 2.05) is 0 Å². The number of ether oxygens (including phenoxy) is 1. The Kier molecular flexibility index (Phi) is 2.57. The van der Waals surface area contributed by atoms with E-state index in [9.17, 15) is 10.1 Å². The maximum atomic E-state index is 10.4. The number of rotatable bonds is 2. The van der Waals surface area contributed by atoms with Gasteiger partial charge in [-0.15, -0.1) is 0 Å². The fourth-order valence-corrected chi connectivity index (χ4v) is 0.848. The highest BCUT2D eigenvalue weighted by Crippen LogP contribution is 2.12. The van der Waals surface area contributed by atoms with Crippen molar-refractivity contribution >= 4 is 6.21 Å². The van der Waals surface area contributed by atoms with Crippen LogP contribution in [0.1, 0.15) is 6.42 Å². The van der Waals surface area contributed by atoms with Crippen LogP contribution in [0.4, 0.5) is 0 Å². The normalized spacial score (nSPS) is 16.1. The van der Waals surface area contributed by atoms with Gasteiger partial charge in [-0.3, -0.25) is 15.1 Å². The van der Waals surface area contributed by atoms with Gasteiger partial charge in [-0.2, -0.15) is 0 Å². The standard InChI is InChI=1S/C7H8N2O3/c1-12-7-3-2-4-8-5-6(7)9(10)11/h2,4-5H,3H2,1H3. The lowest BCUT2D eigenvalue weighted by Crippen LogP contribution is -2.05. The minimum absolute atomic E-state index is 0.0810. The van der Waals surface area contributed by atoms with Gasteiger partial charge >= 0.3 is 5.70 Å². The van der Waals surface area contributed by atoms with Crippen molar-refractivity contribution < 1.29 is 9.66 Å². The Balaban J connectivity index is 3.01. The monoisotopic (exact) mass is 168 g/mol. The number of nitro groups is 1. The van der Waals surface area contributed by atoms with Crippen LogP contribution < -0.4 is 0 Å². The first-order valence-corrected chi connectivity index (χ1v) is 3.35. The zero-order valence-corrected chi connectivity index (χ0v) is 6.56. The lowest BCUT2D eigenvalue weighted by Gasteiger charge is -2.00. The highest BCUT2D eigenvalue weighted by Gasteiger charge is 2.16. The average molecular weight is 168 g/mol. The molecular formula is C7H8N2O3. The van der Waals surface area contributed by atoms with Crippen molar-refractivity contribution in [1.82, 2.24) is 0 Å². The van der Waals surface area contributed by atoms with Crippen LogP contribution in [-0.4, -0.2) is 18.2 Å². The van der Waals surface area contributed by atoms with Crippen molar-refractivity contribution in [3.05, 3.63) is 33.8 Å². The molecule has 0 fully saturated rings. The van der Waals surface area contributed by atoms with Gasteiger partial charge in [0.25, 0.3) is 0 Å². The SMILES string of the molecule is COC1=C([N+](=O)[O-])C=NC=CC1. The van der Waals surface area contributed by atoms with Gasteiger partial charge in [0, 0.05) is 12.6 Å². The summed E-state index contributed by atoms with van der Waals surface area (Å²) in [5, 5.41) is 10.4. The van der Waals surface area contributed by atoms with Crippen LogP contribution in [0.25, 0.3) is 0 Å². The van der Waals surface area contributed by atoms with Crippen molar-refractivity contribution in [2.45, 2.75) is 6.42 Å². The summed E-state index contributed by atoms with van der Waals surface area (Å²) in [4.78, 5) is 13.6.